The Kier molecular flexibility index (Phi) is 3.13. The lowest BCUT2D eigenvalue weighted by atomic mass is 10.1. The van der Waals surface area contributed by atoms with Gasteiger partial charge in [-0.1, -0.05) is 13.8 Å². The fraction of sp³-hybridized carbons (Fsp3) is 0.500. The van der Waals surface area contributed by atoms with E-state index in [1.54, 1.807) is 13.1 Å². The quantitative estimate of drug-likeness (QED) is 0.750. The maximum atomic E-state index is 9.87. The van der Waals surface area contributed by atoms with Gasteiger partial charge >= 0.3 is 0 Å². The van der Waals surface area contributed by atoms with Crippen LogP contribution in [0.2, 0.25) is 0 Å². The number of hydrogen-bond acceptors (Lipinski definition) is 4. The van der Waals surface area contributed by atoms with E-state index in [-0.39, 0.29) is 6.04 Å². The third kappa shape index (κ3) is 2.30. The molecule has 0 aliphatic heterocycles. The zero-order valence-electron chi connectivity index (χ0n) is 10.3. The minimum absolute atomic E-state index is 0.318. The Balaban J connectivity index is 2.43. The van der Waals surface area contributed by atoms with Gasteiger partial charge in [-0.3, -0.25) is 0 Å². The van der Waals surface area contributed by atoms with Crippen molar-refractivity contribution in [3.63, 3.8) is 0 Å². The molecule has 4 N–H and O–H groups in total. The first kappa shape index (κ1) is 12.0. The Bertz CT molecular complexity index is 518. The molecular weight excluding hydrogens is 216 g/mol. The Morgan fingerprint density at radius 1 is 1.35 bits per heavy atom. The zero-order chi connectivity index (χ0) is 12.6. The molecular formula is C12H18N4O. The summed E-state index contributed by atoms with van der Waals surface area (Å²) in [6, 6.07) is 1.54. The number of pyridine rings is 1. The zero-order valence-corrected chi connectivity index (χ0v) is 10.3. The van der Waals surface area contributed by atoms with Crippen LogP contribution in [-0.2, 0) is 0 Å². The molecule has 0 fully saturated rings. The number of rotatable bonds is 3. The van der Waals surface area contributed by atoms with E-state index in [1.807, 2.05) is 6.07 Å². The normalized spacial score (nSPS) is 15.4. The van der Waals surface area contributed by atoms with Crippen LogP contribution in [0.3, 0.4) is 0 Å². The van der Waals surface area contributed by atoms with Crippen LogP contribution < -0.4 is 5.73 Å². The van der Waals surface area contributed by atoms with Crippen LogP contribution in [0.1, 0.15) is 44.2 Å². The highest BCUT2D eigenvalue weighted by molar-refractivity contribution is 5.71. The maximum Gasteiger partial charge on any atom is 0.177 e. The van der Waals surface area contributed by atoms with Crippen molar-refractivity contribution in [2.45, 2.75) is 38.8 Å². The average Bonchev–Trinajstić information content (AvgIpc) is 2.70. The third-order valence-electron chi connectivity index (χ3n) is 2.76. The van der Waals surface area contributed by atoms with E-state index < -0.39 is 6.10 Å². The summed E-state index contributed by atoms with van der Waals surface area (Å²) in [6.07, 6.45) is 0.930. The number of aliphatic hydroxyl groups is 1. The lowest BCUT2D eigenvalue weighted by molar-refractivity contribution is 0.153. The summed E-state index contributed by atoms with van der Waals surface area (Å²) in [4.78, 5) is 11.8. The topological polar surface area (TPSA) is 87.8 Å². The van der Waals surface area contributed by atoms with Gasteiger partial charge in [0.15, 0.2) is 5.65 Å². The Morgan fingerprint density at radius 2 is 2.06 bits per heavy atom. The summed E-state index contributed by atoms with van der Waals surface area (Å²) in [5.74, 6) is 1.23. The number of imidazole rings is 1. The van der Waals surface area contributed by atoms with Crippen molar-refractivity contribution in [1.29, 1.82) is 0 Å². The number of nitrogens with two attached hydrogens (primary N) is 1. The highest BCUT2D eigenvalue weighted by atomic mass is 16.3. The Labute approximate surface area is 100 Å². The predicted molar refractivity (Wildman–Crippen MR) is 66.6 cm³/mol. The Morgan fingerprint density at radius 3 is 2.65 bits per heavy atom. The highest BCUT2D eigenvalue weighted by Crippen LogP contribution is 2.20. The molecule has 2 aromatic heterocycles. The van der Waals surface area contributed by atoms with Crippen molar-refractivity contribution in [3.8, 4) is 0 Å². The molecule has 2 atom stereocenters. The monoisotopic (exact) mass is 234 g/mol. The maximum absolute atomic E-state index is 9.87. The number of H-pyrrole nitrogens is 1. The number of fused-ring (bicyclic) bond motifs is 1. The highest BCUT2D eigenvalue weighted by Gasteiger charge is 2.15. The van der Waals surface area contributed by atoms with Gasteiger partial charge in [-0.2, -0.15) is 0 Å². The number of aliphatic hydroxyl groups excluding tert-OH is 1. The van der Waals surface area contributed by atoms with E-state index >= 15 is 0 Å². The minimum Gasteiger partial charge on any atom is -0.387 e. The standard InChI is InChI=1S/C12H18N4O/c1-6(2)11-15-9-4-8(10(17)7(3)13)5-14-12(9)16-11/h4-7,10,17H,13H2,1-3H3,(H,14,15,16). The Hall–Kier alpha value is -1.46. The first-order valence-electron chi connectivity index (χ1n) is 5.78. The number of nitrogens with zero attached hydrogens (tertiary/aromatic N) is 2. The molecule has 92 valence electrons. The fourth-order valence-electron chi connectivity index (χ4n) is 1.67. The molecule has 2 heterocycles. The van der Waals surface area contributed by atoms with Crippen molar-refractivity contribution in [1.82, 2.24) is 15.0 Å². The van der Waals surface area contributed by atoms with Crippen LogP contribution in [0.4, 0.5) is 0 Å². The molecule has 0 amide bonds. The van der Waals surface area contributed by atoms with Crippen LogP contribution >= 0.6 is 0 Å². The molecule has 2 unspecified atom stereocenters. The second-order valence-electron chi connectivity index (χ2n) is 4.72. The molecule has 0 bridgehead atoms. The van der Waals surface area contributed by atoms with E-state index in [0.29, 0.717) is 17.1 Å². The fourth-order valence-corrected chi connectivity index (χ4v) is 1.67. The van der Waals surface area contributed by atoms with Gasteiger partial charge in [-0.05, 0) is 13.0 Å². The molecule has 2 aromatic rings. The smallest absolute Gasteiger partial charge is 0.177 e. The summed E-state index contributed by atoms with van der Waals surface area (Å²) in [5.41, 5.74) is 7.89. The number of hydrogen-bond donors (Lipinski definition) is 3. The van der Waals surface area contributed by atoms with Crippen molar-refractivity contribution >= 4 is 11.2 Å². The molecule has 0 aliphatic rings. The molecule has 0 aromatic carbocycles. The lowest BCUT2D eigenvalue weighted by Gasteiger charge is -2.13. The van der Waals surface area contributed by atoms with Gasteiger partial charge in [0.25, 0.3) is 0 Å². The third-order valence-corrected chi connectivity index (χ3v) is 2.76. The van der Waals surface area contributed by atoms with Gasteiger partial charge in [-0.25, -0.2) is 9.97 Å². The number of nitrogens with one attached hydrogen (secondary N) is 1. The van der Waals surface area contributed by atoms with Crippen LogP contribution in [0.15, 0.2) is 12.3 Å². The SMILES string of the molecule is CC(C)c1nc2ncc(C(O)C(C)N)cc2[nH]1. The van der Waals surface area contributed by atoms with Gasteiger partial charge < -0.3 is 15.8 Å². The van der Waals surface area contributed by atoms with E-state index in [9.17, 15) is 5.11 Å². The molecule has 5 heteroatoms. The lowest BCUT2D eigenvalue weighted by Crippen LogP contribution is -2.24. The van der Waals surface area contributed by atoms with Crippen LogP contribution in [-0.4, -0.2) is 26.1 Å². The summed E-state index contributed by atoms with van der Waals surface area (Å²) < 4.78 is 0. The van der Waals surface area contributed by atoms with Crippen molar-refractivity contribution in [3.05, 3.63) is 23.7 Å². The minimum atomic E-state index is -0.697. The number of aromatic nitrogens is 3. The van der Waals surface area contributed by atoms with E-state index in [1.165, 1.54) is 0 Å². The average molecular weight is 234 g/mol. The molecule has 2 rings (SSSR count). The first-order chi connectivity index (χ1) is 7.99. The van der Waals surface area contributed by atoms with Crippen molar-refractivity contribution < 1.29 is 5.11 Å². The van der Waals surface area contributed by atoms with Gasteiger partial charge in [0.2, 0.25) is 0 Å². The second kappa shape index (κ2) is 4.43. The van der Waals surface area contributed by atoms with Crippen molar-refractivity contribution in [2.75, 3.05) is 0 Å². The van der Waals surface area contributed by atoms with Gasteiger partial charge in [0, 0.05) is 23.7 Å². The number of aromatic amines is 1. The predicted octanol–water partition coefficient (Wildman–Crippen LogP) is 1.46. The molecule has 5 nitrogen and oxygen atoms in total. The van der Waals surface area contributed by atoms with Crippen LogP contribution in [0, 0.1) is 0 Å². The molecule has 17 heavy (non-hydrogen) atoms. The van der Waals surface area contributed by atoms with Crippen LogP contribution in [0.25, 0.3) is 11.2 Å². The van der Waals surface area contributed by atoms with Gasteiger partial charge in [0.05, 0.1) is 11.6 Å². The molecule has 0 saturated carbocycles. The molecule has 0 aliphatic carbocycles. The van der Waals surface area contributed by atoms with E-state index in [4.69, 9.17) is 5.73 Å². The van der Waals surface area contributed by atoms with Crippen LogP contribution in [0.5, 0.6) is 0 Å². The van der Waals surface area contributed by atoms with E-state index in [2.05, 4.69) is 28.8 Å². The van der Waals surface area contributed by atoms with E-state index in [0.717, 1.165) is 11.3 Å². The summed E-state index contributed by atoms with van der Waals surface area (Å²) in [7, 11) is 0. The summed E-state index contributed by atoms with van der Waals surface area (Å²) in [5, 5.41) is 9.87. The van der Waals surface area contributed by atoms with Gasteiger partial charge in [0.1, 0.15) is 5.82 Å². The molecule has 0 spiro atoms. The summed E-state index contributed by atoms with van der Waals surface area (Å²) >= 11 is 0. The molecule has 0 radical (unpaired) electrons. The summed E-state index contributed by atoms with van der Waals surface area (Å²) in [6.45, 7) is 5.90. The largest absolute Gasteiger partial charge is 0.387 e. The second-order valence-corrected chi connectivity index (χ2v) is 4.72. The molecule has 0 saturated heterocycles. The van der Waals surface area contributed by atoms with Crippen molar-refractivity contribution in [2.24, 2.45) is 5.73 Å². The first-order valence-corrected chi connectivity index (χ1v) is 5.78. The van der Waals surface area contributed by atoms with Gasteiger partial charge in [-0.15, -0.1) is 0 Å².